The molecule has 0 N–H and O–H groups in total. The largest absolute Gasteiger partial charge is 0.493 e. The van der Waals surface area contributed by atoms with Gasteiger partial charge in [0.05, 0.1) is 35.5 Å². The van der Waals surface area contributed by atoms with Crippen LogP contribution < -0.4 is 18.9 Å². The first-order chi connectivity index (χ1) is 17.4. The maximum Gasteiger partial charge on any atom is 0.305 e. The van der Waals surface area contributed by atoms with Gasteiger partial charge in [0.2, 0.25) is 0 Å². The zero-order chi connectivity index (χ0) is 26.1. The molecule has 0 atom stereocenters. The minimum absolute atomic E-state index is 0.0243. The van der Waals surface area contributed by atoms with E-state index in [-0.39, 0.29) is 11.8 Å². The van der Waals surface area contributed by atoms with Gasteiger partial charge in [-0.15, -0.1) is 0 Å². The average molecular weight is 496 g/mol. The molecule has 8 nitrogen and oxygen atoms in total. The van der Waals surface area contributed by atoms with Gasteiger partial charge in [0, 0.05) is 30.7 Å². The van der Waals surface area contributed by atoms with Gasteiger partial charge in [-0.3, -0.25) is 14.5 Å². The summed E-state index contributed by atoms with van der Waals surface area (Å²) >= 11 is 0. The number of nitrogens with zero attached hydrogens (tertiary/aromatic N) is 1. The van der Waals surface area contributed by atoms with E-state index in [1.807, 2.05) is 48.6 Å². The van der Waals surface area contributed by atoms with Crippen molar-refractivity contribution in [2.24, 2.45) is 0 Å². The molecule has 1 fully saturated rings. The highest BCUT2D eigenvalue weighted by Crippen LogP contribution is 2.31. The van der Waals surface area contributed by atoms with Crippen LogP contribution in [0.1, 0.15) is 24.0 Å². The van der Waals surface area contributed by atoms with Crippen LogP contribution in [0.15, 0.2) is 47.5 Å². The number of likely N-dealkylation sites (tertiary alicyclic amines) is 1. The Morgan fingerprint density at radius 1 is 0.778 bits per heavy atom. The van der Waals surface area contributed by atoms with Crippen molar-refractivity contribution in [3.05, 3.63) is 58.7 Å². The number of rotatable bonds is 10. The van der Waals surface area contributed by atoms with E-state index in [2.05, 4.69) is 4.90 Å². The number of hydrogen-bond donors (Lipinski definition) is 0. The summed E-state index contributed by atoms with van der Waals surface area (Å²) in [5.41, 5.74) is 2.97. The Balaban J connectivity index is 1.94. The molecular weight excluding hydrogens is 462 g/mol. The van der Waals surface area contributed by atoms with Gasteiger partial charge < -0.3 is 23.7 Å². The van der Waals surface area contributed by atoms with Crippen LogP contribution in [-0.2, 0) is 14.3 Å². The zero-order valence-corrected chi connectivity index (χ0v) is 21.5. The SMILES string of the molecule is COC(=O)CCCN1C/C(=C\c2ccc(OC)c(OC)c2)C(=O)/C(=C/c2ccc(OC)c(OC)c2)C1. The molecule has 0 spiro atoms. The molecule has 0 radical (unpaired) electrons. The molecule has 192 valence electrons. The number of esters is 1. The van der Waals surface area contributed by atoms with Crippen LogP contribution in [0, 0.1) is 0 Å². The standard InChI is InChI=1S/C28H33NO7/c1-32-23-10-8-19(15-25(23)34-3)13-21-17-29(12-6-7-27(30)36-5)18-22(28(21)31)14-20-9-11-24(33-2)26(16-20)35-4/h8-11,13-16H,6-7,12,17-18H2,1-5H3/b21-13+,22-14+. The highest BCUT2D eigenvalue weighted by molar-refractivity contribution is 6.14. The fraction of sp³-hybridized carbons (Fsp3) is 0.357. The topological polar surface area (TPSA) is 83.5 Å². The highest BCUT2D eigenvalue weighted by Gasteiger charge is 2.26. The fourth-order valence-corrected chi connectivity index (χ4v) is 4.10. The summed E-state index contributed by atoms with van der Waals surface area (Å²) in [5, 5.41) is 0. The molecule has 2 aromatic rings. The van der Waals surface area contributed by atoms with Gasteiger partial charge in [0.25, 0.3) is 0 Å². The van der Waals surface area contributed by atoms with Gasteiger partial charge in [-0.25, -0.2) is 0 Å². The first kappa shape index (κ1) is 26.8. The number of Topliss-reactive ketones (excluding diaryl/α,β-unsaturated/α-hetero) is 1. The van der Waals surface area contributed by atoms with Crippen LogP contribution in [0.25, 0.3) is 12.2 Å². The zero-order valence-electron chi connectivity index (χ0n) is 21.5. The number of ketones is 1. The summed E-state index contributed by atoms with van der Waals surface area (Å²) in [7, 11) is 7.70. The Morgan fingerprint density at radius 3 is 1.67 bits per heavy atom. The predicted molar refractivity (Wildman–Crippen MR) is 138 cm³/mol. The maximum atomic E-state index is 13.5. The Labute approximate surface area is 212 Å². The minimum atomic E-state index is -0.245. The smallest absolute Gasteiger partial charge is 0.305 e. The van der Waals surface area contributed by atoms with Crippen LogP contribution in [0.5, 0.6) is 23.0 Å². The van der Waals surface area contributed by atoms with E-state index >= 15 is 0 Å². The predicted octanol–water partition coefficient (Wildman–Crippen LogP) is 4.03. The number of carbonyl (C=O) groups is 2. The molecule has 3 rings (SSSR count). The molecule has 1 saturated heterocycles. The second-order valence-corrected chi connectivity index (χ2v) is 8.29. The normalized spacial score (nSPS) is 16.2. The molecular formula is C28H33NO7. The van der Waals surface area contributed by atoms with Crippen LogP contribution in [0.4, 0.5) is 0 Å². The lowest BCUT2D eigenvalue weighted by Crippen LogP contribution is -2.38. The number of piperidine rings is 1. The molecule has 0 aromatic heterocycles. The molecule has 1 aliphatic heterocycles. The maximum absolute atomic E-state index is 13.5. The molecule has 0 saturated carbocycles. The molecule has 0 amide bonds. The average Bonchev–Trinajstić information content (AvgIpc) is 2.90. The van der Waals surface area contributed by atoms with Gasteiger partial charge in [-0.1, -0.05) is 12.1 Å². The Hall–Kier alpha value is -3.78. The summed E-state index contributed by atoms with van der Waals surface area (Å²) in [6.07, 6.45) is 4.71. The van der Waals surface area contributed by atoms with Gasteiger partial charge >= 0.3 is 5.97 Å². The summed E-state index contributed by atoms with van der Waals surface area (Å²) < 4.78 is 26.2. The van der Waals surface area contributed by atoms with Crippen molar-refractivity contribution in [3.63, 3.8) is 0 Å². The molecule has 36 heavy (non-hydrogen) atoms. The third-order valence-electron chi connectivity index (χ3n) is 5.95. The van der Waals surface area contributed by atoms with E-state index in [1.54, 1.807) is 28.4 Å². The first-order valence-corrected chi connectivity index (χ1v) is 11.6. The minimum Gasteiger partial charge on any atom is -0.493 e. The van der Waals surface area contributed by atoms with Crippen molar-refractivity contribution in [1.29, 1.82) is 0 Å². The van der Waals surface area contributed by atoms with Crippen LogP contribution in [-0.4, -0.2) is 71.8 Å². The van der Waals surface area contributed by atoms with Crippen LogP contribution >= 0.6 is 0 Å². The number of ether oxygens (including phenoxy) is 5. The number of carbonyl (C=O) groups excluding carboxylic acids is 2. The summed E-state index contributed by atoms with van der Waals surface area (Å²) in [5.74, 6) is 2.15. The van der Waals surface area contributed by atoms with Gasteiger partial charge in [0.15, 0.2) is 28.8 Å². The van der Waals surface area contributed by atoms with Crippen molar-refractivity contribution in [1.82, 2.24) is 4.90 Å². The third kappa shape index (κ3) is 6.66. The molecule has 0 aliphatic carbocycles. The molecule has 2 aromatic carbocycles. The van der Waals surface area contributed by atoms with E-state index in [0.717, 1.165) is 11.1 Å². The Morgan fingerprint density at radius 2 is 1.25 bits per heavy atom. The molecule has 1 aliphatic rings. The lowest BCUT2D eigenvalue weighted by atomic mass is 9.94. The van der Waals surface area contributed by atoms with Gasteiger partial charge in [-0.2, -0.15) is 0 Å². The summed E-state index contributed by atoms with van der Waals surface area (Å²) in [4.78, 5) is 27.3. The van der Waals surface area contributed by atoms with Crippen LogP contribution in [0.3, 0.4) is 0 Å². The van der Waals surface area contributed by atoms with E-state index in [4.69, 9.17) is 23.7 Å². The molecule has 0 unspecified atom stereocenters. The monoisotopic (exact) mass is 495 g/mol. The highest BCUT2D eigenvalue weighted by atomic mass is 16.5. The number of benzene rings is 2. The second kappa shape index (κ2) is 12.8. The molecule has 0 bridgehead atoms. The third-order valence-corrected chi connectivity index (χ3v) is 5.95. The Kier molecular flexibility index (Phi) is 9.53. The lowest BCUT2D eigenvalue weighted by molar-refractivity contribution is -0.140. The van der Waals surface area contributed by atoms with E-state index in [9.17, 15) is 9.59 Å². The molecule has 1 heterocycles. The van der Waals surface area contributed by atoms with Crippen molar-refractivity contribution in [3.8, 4) is 23.0 Å². The van der Waals surface area contributed by atoms with Crippen LogP contribution in [0.2, 0.25) is 0 Å². The van der Waals surface area contributed by atoms with Gasteiger partial charge in [0.1, 0.15) is 0 Å². The number of hydrogen-bond acceptors (Lipinski definition) is 8. The van der Waals surface area contributed by atoms with Crippen molar-refractivity contribution in [2.75, 3.05) is 55.2 Å². The second-order valence-electron chi connectivity index (χ2n) is 8.29. The van der Waals surface area contributed by atoms with Crippen molar-refractivity contribution < 1.29 is 33.3 Å². The fourth-order valence-electron chi connectivity index (χ4n) is 4.10. The Bertz CT molecular complexity index is 1080. The number of methoxy groups -OCH3 is 5. The van der Waals surface area contributed by atoms with Crippen molar-refractivity contribution >= 4 is 23.9 Å². The van der Waals surface area contributed by atoms with Crippen molar-refractivity contribution in [2.45, 2.75) is 12.8 Å². The van der Waals surface area contributed by atoms with E-state index < -0.39 is 0 Å². The summed E-state index contributed by atoms with van der Waals surface area (Å²) in [6, 6.07) is 11.1. The quantitative estimate of drug-likeness (QED) is 0.361. The van der Waals surface area contributed by atoms with E-state index in [1.165, 1.54) is 7.11 Å². The lowest BCUT2D eigenvalue weighted by Gasteiger charge is -2.29. The van der Waals surface area contributed by atoms with E-state index in [0.29, 0.717) is 66.6 Å². The first-order valence-electron chi connectivity index (χ1n) is 11.6. The molecule has 8 heteroatoms. The van der Waals surface area contributed by atoms with Gasteiger partial charge in [-0.05, 0) is 60.5 Å². The summed E-state index contributed by atoms with van der Waals surface area (Å²) in [6.45, 7) is 1.59.